The van der Waals surface area contributed by atoms with Gasteiger partial charge in [0.1, 0.15) is 5.82 Å². The van der Waals surface area contributed by atoms with Gasteiger partial charge in [0, 0.05) is 17.6 Å². The molecule has 20 heavy (non-hydrogen) atoms. The SMILES string of the molecule is CC1(C)CCCNC1CNC(=O)c1cc(Cl)ccc1F. The van der Waals surface area contributed by atoms with E-state index in [0.29, 0.717) is 11.6 Å². The van der Waals surface area contributed by atoms with Gasteiger partial charge in [0.15, 0.2) is 0 Å². The van der Waals surface area contributed by atoms with Gasteiger partial charge in [-0.15, -0.1) is 0 Å². The van der Waals surface area contributed by atoms with E-state index in [1.165, 1.54) is 18.2 Å². The van der Waals surface area contributed by atoms with Crippen LogP contribution in [0.3, 0.4) is 0 Å². The van der Waals surface area contributed by atoms with E-state index in [1.54, 1.807) is 0 Å². The highest BCUT2D eigenvalue weighted by molar-refractivity contribution is 6.30. The first-order valence-electron chi connectivity index (χ1n) is 6.87. The molecule has 1 unspecified atom stereocenters. The first-order chi connectivity index (χ1) is 9.40. The molecule has 0 saturated carbocycles. The Morgan fingerprint density at radius 2 is 2.30 bits per heavy atom. The molecule has 1 heterocycles. The molecule has 0 radical (unpaired) electrons. The molecule has 110 valence electrons. The number of carbonyl (C=O) groups is 1. The number of piperidine rings is 1. The van der Waals surface area contributed by atoms with Gasteiger partial charge in [-0.2, -0.15) is 0 Å². The third kappa shape index (κ3) is 3.49. The number of benzene rings is 1. The average Bonchev–Trinajstić information content (AvgIpc) is 2.39. The van der Waals surface area contributed by atoms with Gasteiger partial charge in [0.25, 0.3) is 5.91 Å². The second kappa shape index (κ2) is 6.10. The molecule has 0 aromatic heterocycles. The average molecular weight is 299 g/mol. The van der Waals surface area contributed by atoms with Crippen molar-refractivity contribution in [2.24, 2.45) is 5.41 Å². The van der Waals surface area contributed by atoms with Crippen molar-refractivity contribution in [1.29, 1.82) is 0 Å². The largest absolute Gasteiger partial charge is 0.350 e. The molecule has 1 fully saturated rings. The molecular formula is C15H20ClFN2O. The molecule has 1 aliphatic heterocycles. The van der Waals surface area contributed by atoms with Gasteiger partial charge in [0.2, 0.25) is 0 Å². The molecule has 3 nitrogen and oxygen atoms in total. The van der Waals surface area contributed by atoms with E-state index < -0.39 is 11.7 Å². The van der Waals surface area contributed by atoms with Crippen molar-refractivity contribution in [2.45, 2.75) is 32.7 Å². The normalized spacial score (nSPS) is 21.5. The van der Waals surface area contributed by atoms with E-state index in [9.17, 15) is 9.18 Å². The van der Waals surface area contributed by atoms with Crippen molar-refractivity contribution in [3.8, 4) is 0 Å². The Balaban J connectivity index is 2.00. The maximum Gasteiger partial charge on any atom is 0.254 e. The van der Waals surface area contributed by atoms with Crippen molar-refractivity contribution in [2.75, 3.05) is 13.1 Å². The summed E-state index contributed by atoms with van der Waals surface area (Å²) in [6.07, 6.45) is 2.26. The minimum Gasteiger partial charge on any atom is -0.350 e. The van der Waals surface area contributed by atoms with Crippen molar-refractivity contribution in [3.05, 3.63) is 34.6 Å². The fourth-order valence-electron chi connectivity index (χ4n) is 2.58. The molecular weight excluding hydrogens is 279 g/mol. The Labute approximate surface area is 123 Å². The first-order valence-corrected chi connectivity index (χ1v) is 7.24. The van der Waals surface area contributed by atoms with Crippen LogP contribution in [0.25, 0.3) is 0 Å². The van der Waals surface area contributed by atoms with Crippen LogP contribution in [-0.2, 0) is 0 Å². The molecule has 0 bridgehead atoms. The van der Waals surface area contributed by atoms with Crippen LogP contribution in [0.4, 0.5) is 4.39 Å². The summed E-state index contributed by atoms with van der Waals surface area (Å²) in [6, 6.07) is 4.19. The highest BCUT2D eigenvalue weighted by Gasteiger charge is 2.32. The second-order valence-electron chi connectivity index (χ2n) is 5.93. The number of rotatable bonds is 3. The highest BCUT2D eigenvalue weighted by Crippen LogP contribution is 2.29. The van der Waals surface area contributed by atoms with Gasteiger partial charge < -0.3 is 10.6 Å². The number of carbonyl (C=O) groups excluding carboxylic acids is 1. The van der Waals surface area contributed by atoms with E-state index in [0.717, 1.165) is 19.4 Å². The Hall–Kier alpha value is -1.13. The second-order valence-corrected chi connectivity index (χ2v) is 6.37. The first kappa shape index (κ1) is 15.3. The quantitative estimate of drug-likeness (QED) is 0.901. The number of amides is 1. The van der Waals surface area contributed by atoms with Crippen LogP contribution in [0, 0.1) is 11.2 Å². The topological polar surface area (TPSA) is 41.1 Å². The zero-order valence-electron chi connectivity index (χ0n) is 11.8. The summed E-state index contributed by atoms with van der Waals surface area (Å²) in [4.78, 5) is 12.0. The fourth-order valence-corrected chi connectivity index (χ4v) is 2.75. The Morgan fingerprint density at radius 3 is 3.00 bits per heavy atom. The van der Waals surface area contributed by atoms with Crippen molar-refractivity contribution in [3.63, 3.8) is 0 Å². The van der Waals surface area contributed by atoms with E-state index in [4.69, 9.17) is 11.6 Å². The molecule has 2 rings (SSSR count). The minimum atomic E-state index is -0.553. The lowest BCUT2D eigenvalue weighted by Gasteiger charge is -2.39. The summed E-state index contributed by atoms with van der Waals surface area (Å²) in [7, 11) is 0. The Kier molecular flexibility index (Phi) is 4.66. The number of nitrogens with one attached hydrogen (secondary N) is 2. The maximum absolute atomic E-state index is 13.6. The molecule has 1 aromatic rings. The molecule has 1 aliphatic rings. The van der Waals surface area contributed by atoms with Crippen LogP contribution in [0.1, 0.15) is 37.0 Å². The zero-order chi connectivity index (χ0) is 14.8. The van der Waals surface area contributed by atoms with Crippen LogP contribution in [0.2, 0.25) is 5.02 Å². The van der Waals surface area contributed by atoms with Crippen LogP contribution in [0.5, 0.6) is 0 Å². The molecule has 0 aliphatic carbocycles. The summed E-state index contributed by atoms with van der Waals surface area (Å²) in [5, 5.41) is 6.55. The summed E-state index contributed by atoms with van der Waals surface area (Å²) < 4.78 is 13.6. The number of halogens is 2. The monoisotopic (exact) mass is 298 g/mol. The van der Waals surface area contributed by atoms with Crippen LogP contribution >= 0.6 is 11.6 Å². The van der Waals surface area contributed by atoms with Gasteiger partial charge >= 0.3 is 0 Å². The van der Waals surface area contributed by atoms with Crippen LogP contribution in [0.15, 0.2) is 18.2 Å². The summed E-state index contributed by atoms with van der Waals surface area (Å²) in [6.45, 7) is 5.79. The van der Waals surface area contributed by atoms with Crippen molar-refractivity contribution in [1.82, 2.24) is 10.6 Å². The third-order valence-corrected chi connectivity index (χ3v) is 4.21. The molecule has 5 heteroatoms. The Bertz CT molecular complexity index is 505. The molecule has 1 atom stereocenters. The smallest absolute Gasteiger partial charge is 0.254 e. The highest BCUT2D eigenvalue weighted by atomic mass is 35.5. The standard InChI is InChI=1S/C15H20ClFN2O/c1-15(2)6-3-7-18-13(15)9-19-14(20)11-8-10(16)4-5-12(11)17/h4-5,8,13,18H,3,6-7,9H2,1-2H3,(H,19,20). The van der Waals surface area contributed by atoms with E-state index in [-0.39, 0.29) is 17.0 Å². The minimum absolute atomic E-state index is 0.00823. The number of hydrogen-bond acceptors (Lipinski definition) is 2. The van der Waals surface area contributed by atoms with Gasteiger partial charge in [-0.05, 0) is 43.0 Å². The van der Waals surface area contributed by atoms with Gasteiger partial charge in [-0.1, -0.05) is 25.4 Å². The van der Waals surface area contributed by atoms with E-state index in [1.807, 2.05) is 0 Å². The third-order valence-electron chi connectivity index (χ3n) is 3.97. The molecule has 0 spiro atoms. The Morgan fingerprint density at radius 1 is 1.55 bits per heavy atom. The summed E-state index contributed by atoms with van der Waals surface area (Å²) >= 11 is 5.80. The van der Waals surface area contributed by atoms with Crippen molar-refractivity contribution >= 4 is 17.5 Å². The zero-order valence-corrected chi connectivity index (χ0v) is 12.6. The fraction of sp³-hybridized carbons (Fsp3) is 0.533. The van der Waals surface area contributed by atoms with Crippen molar-refractivity contribution < 1.29 is 9.18 Å². The summed E-state index contributed by atoms with van der Waals surface area (Å²) in [5.41, 5.74) is 0.115. The lowest BCUT2D eigenvalue weighted by atomic mass is 9.77. The van der Waals surface area contributed by atoms with Gasteiger partial charge in [-0.25, -0.2) is 4.39 Å². The maximum atomic E-state index is 13.6. The molecule has 1 aromatic carbocycles. The van der Waals surface area contributed by atoms with Crippen LogP contribution < -0.4 is 10.6 Å². The van der Waals surface area contributed by atoms with Gasteiger partial charge in [0.05, 0.1) is 5.56 Å². The van der Waals surface area contributed by atoms with Gasteiger partial charge in [-0.3, -0.25) is 4.79 Å². The lowest BCUT2D eigenvalue weighted by Crippen LogP contribution is -2.52. The van der Waals surface area contributed by atoms with Crippen LogP contribution in [-0.4, -0.2) is 25.0 Å². The number of hydrogen-bond donors (Lipinski definition) is 2. The predicted octanol–water partition coefficient (Wildman–Crippen LogP) is 2.99. The lowest BCUT2D eigenvalue weighted by molar-refractivity contribution is 0.0925. The summed E-state index contributed by atoms with van der Waals surface area (Å²) in [5.74, 6) is -0.976. The molecule has 1 amide bonds. The molecule has 2 N–H and O–H groups in total. The predicted molar refractivity (Wildman–Crippen MR) is 78.5 cm³/mol. The van der Waals surface area contributed by atoms with E-state index >= 15 is 0 Å². The van der Waals surface area contributed by atoms with E-state index in [2.05, 4.69) is 24.5 Å². The molecule has 1 saturated heterocycles.